The molecule has 0 fully saturated rings. The minimum Gasteiger partial charge on any atom is -0.480 e. The van der Waals surface area contributed by atoms with Gasteiger partial charge in [0.25, 0.3) is 0 Å². The molecule has 0 aromatic carbocycles. The molecule has 3 amide bonds. The van der Waals surface area contributed by atoms with Gasteiger partial charge in [0.15, 0.2) is 0 Å². The summed E-state index contributed by atoms with van der Waals surface area (Å²) in [6.45, 7) is 2.34. The van der Waals surface area contributed by atoms with E-state index in [0.717, 1.165) is 6.42 Å². The molecule has 0 aliphatic rings. The Bertz CT molecular complexity index is 267. The number of aliphatic carboxylic acids is 1. The minimum absolute atomic E-state index is 0.00971. The molecule has 0 aliphatic heterocycles. The summed E-state index contributed by atoms with van der Waals surface area (Å²) in [5, 5.41) is 13.5. The summed E-state index contributed by atoms with van der Waals surface area (Å²) in [6.07, 6.45) is 0.668. The average Bonchev–Trinajstić information content (AvgIpc) is 2.20. The Morgan fingerprint density at radius 2 is 2.00 bits per heavy atom. The van der Waals surface area contributed by atoms with Gasteiger partial charge in [-0.05, 0) is 12.8 Å². The lowest BCUT2D eigenvalue weighted by atomic mass is 10.1. The fourth-order valence-corrected chi connectivity index (χ4v) is 0.992. The number of carboxylic acids is 1. The number of hydrogen-bond acceptors (Lipinski definition) is 3. The van der Waals surface area contributed by atoms with Crippen LogP contribution in [-0.4, -0.2) is 35.6 Å². The summed E-state index contributed by atoms with van der Waals surface area (Å²) in [5.41, 5.74) is 4.89. The van der Waals surface area contributed by atoms with Gasteiger partial charge in [-0.2, -0.15) is 0 Å². The van der Waals surface area contributed by atoms with E-state index in [9.17, 15) is 14.4 Å². The summed E-state index contributed by atoms with van der Waals surface area (Å²) in [4.78, 5) is 32.4. The van der Waals surface area contributed by atoms with Gasteiger partial charge in [-0.3, -0.25) is 4.79 Å². The summed E-state index contributed by atoms with van der Waals surface area (Å²) in [7, 11) is 0. The maximum Gasteiger partial charge on any atom is 0.326 e. The van der Waals surface area contributed by atoms with Gasteiger partial charge in [0.2, 0.25) is 5.91 Å². The molecule has 5 N–H and O–H groups in total. The van der Waals surface area contributed by atoms with E-state index in [1.165, 1.54) is 0 Å². The molecule has 0 saturated carbocycles. The third-order valence-corrected chi connectivity index (χ3v) is 1.82. The molecule has 0 heterocycles. The van der Waals surface area contributed by atoms with Gasteiger partial charge in [0, 0.05) is 13.0 Å². The molecule has 0 spiro atoms. The average molecular weight is 231 g/mol. The quantitative estimate of drug-likeness (QED) is 0.468. The van der Waals surface area contributed by atoms with Crippen LogP contribution >= 0.6 is 0 Å². The molecule has 0 aromatic heterocycles. The Hall–Kier alpha value is -1.79. The second-order valence-corrected chi connectivity index (χ2v) is 3.30. The molecule has 92 valence electrons. The molecule has 0 aliphatic carbocycles. The standard InChI is InChI=1S/C9H17N3O4/c1-2-5-11-9(16)12-6(8(14)15)3-4-7(10)13/h6H,2-5H2,1H3,(H2,10,13)(H,14,15)(H2,11,12,16)/t6-/m1/s1. The second kappa shape index (κ2) is 7.49. The highest BCUT2D eigenvalue weighted by Gasteiger charge is 2.19. The van der Waals surface area contributed by atoms with E-state index in [4.69, 9.17) is 10.8 Å². The predicted molar refractivity (Wildman–Crippen MR) is 56.7 cm³/mol. The number of nitrogens with two attached hydrogens (primary N) is 1. The molecule has 0 rings (SSSR count). The van der Waals surface area contributed by atoms with E-state index >= 15 is 0 Å². The Kier molecular flexibility index (Phi) is 6.66. The highest BCUT2D eigenvalue weighted by molar-refractivity contribution is 5.83. The molecule has 16 heavy (non-hydrogen) atoms. The van der Waals surface area contributed by atoms with Crippen molar-refractivity contribution in [3.05, 3.63) is 0 Å². The van der Waals surface area contributed by atoms with Gasteiger partial charge in [-0.1, -0.05) is 6.92 Å². The van der Waals surface area contributed by atoms with Gasteiger partial charge in [0.1, 0.15) is 6.04 Å². The second-order valence-electron chi connectivity index (χ2n) is 3.30. The summed E-state index contributed by atoms with van der Waals surface area (Å²) < 4.78 is 0. The number of carbonyl (C=O) groups is 3. The smallest absolute Gasteiger partial charge is 0.326 e. The van der Waals surface area contributed by atoms with Crippen LogP contribution in [0.5, 0.6) is 0 Å². The molecule has 7 nitrogen and oxygen atoms in total. The lowest BCUT2D eigenvalue weighted by molar-refractivity contribution is -0.139. The fraction of sp³-hybridized carbons (Fsp3) is 0.667. The van der Waals surface area contributed by atoms with Crippen LogP contribution in [-0.2, 0) is 9.59 Å². The first-order valence-corrected chi connectivity index (χ1v) is 5.02. The number of rotatable bonds is 7. The predicted octanol–water partition coefficient (Wildman–Crippen LogP) is -0.586. The van der Waals surface area contributed by atoms with Crippen molar-refractivity contribution in [1.29, 1.82) is 0 Å². The first-order chi connectivity index (χ1) is 7.47. The Morgan fingerprint density at radius 1 is 1.38 bits per heavy atom. The van der Waals surface area contributed by atoms with E-state index in [-0.39, 0.29) is 12.8 Å². The number of primary amides is 1. The maximum absolute atomic E-state index is 11.2. The van der Waals surface area contributed by atoms with Crippen LogP contribution in [0.25, 0.3) is 0 Å². The molecule has 0 bridgehead atoms. The van der Waals surface area contributed by atoms with E-state index in [0.29, 0.717) is 6.54 Å². The van der Waals surface area contributed by atoms with Crippen LogP contribution in [0.15, 0.2) is 0 Å². The van der Waals surface area contributed by atoms with Crippen LogP contribution in [0.3, 0.4) is 0 Å². The lowest BCUT2D eigenvalue weighted by Crippen LogP contribution is -2.46. The van der Waals surface area contributed by atoms with Crippen molar-refractivity contribution in [1.82, 2.24) is 10.6 Å². The highest BCUT2D eigenvalue weighted by atomic mass is 16.4. The van der Waals surface area contributed by atoms with Crippen molar-refractivity contribution in [2.75, 3.05) is 6.54 Å². The zero-order valence-corrected chi connectivity index (χ0v) is 9.16. The molecule has 7 heteroatoms. The highest BCUT2D eigenvalue weighted by Crippen LogP contribution is 1.97. The van der Waals surface area contributed by atoms with Crippen molar-refractivity contribution in [2.24, 2.45) is 5.73 Å². The Morgan fingerprint density at radius 3 is 2.44 bits per heavy atom. The first-order valence-electron chi connectivity index (χ1n) is 5.02. The van der Waals surface area contributed by atoms with Gasteiger partial charge < -0.3 is 21.5 Å². The van der Waals surface area contributed by atoms with Crippen molar-refractivity contribution in [3.63, 3.8) is 0 Å². The van der Waals surface area contributed by atoms with Crippen molar-refractivity contribution in [3.8, 4) is 0 Å². The maximum atomic E-state index is 11.2. The molecule has 0 radical (unpaired) electrons. The summed E-state index contributed by atoms with van der Waals surface area (Å²) in [5.74, 6) is -1.78. The van der Waals surface area contributed by atoms with Crippen LogP contribution in [0.1, 0.15) is 26.2 Å². The van der Waals surface area contributed by atoms with Gasteiger partial charge in [-0.15, -0.1) is 0 Å². The van der Waals surface area contributed by atoms with Gasteiger partial charge >= 0.3 is 12.0 Å². The van der Waals surface area contributed by atoms with Crippen molar-refractivity contribution < 1.29 is 19.5 Å². The van der Waals surface area contributed by atoms with Gasteiger partial charge in [-0.25, -0.2) is 9.59 Å². The first kappa shape index (κ1) is 14.2. The van der Waals surface area contributed by atoms with Crippen molar-refractivity contribution >= 4 is 17.9 Å². The lowest BCUT2D eigenvalue weighted by Gasteiger charge is -2.13. The van der Waals surface area contributed by atoms with Crippen LogP contribution < -0.4 is 16.4 Å². The number of carboxylic acid groups (broad SMARTS) is 1. The molecule has 0 saturated heterocycles. The number of hydrogen-bond donors (Lipinski definition) is 4. The monoisotopic (exact) mass is 231 g/mol. The van der Waals surface area contributed by atoms with E-state index in [1.807, 2.05) is 6.92 Å². The zero-order valence-electron chi connectivity index (χ0n) is 9.16. The minimum atomic E-state index is -1.19. The number of carbonyl (C=O) groups excluding carboxylic acids is 2. The van der Waals surface area contributed by atoms with E-state index < -0.39 is 23.9 Å². The third kappa shape index (κ3) is 6.63. The summed E-state index contributed by atoms with van der Waals surface area (Å²) >= 11 is 0. The molecule has 0 aromatic rings. The van der Waals surface area contributed by atoms with Crippen LogP contribution in [0.2, 0.25) is 0 Å². The molecular weight excluding hydrogens is 214 g/mol. The Balaban J connectivity index is 4.07. The van der Waals surface area contributed by atoms with Crippen LogP contribution in [0, 0.1) is 0 Å². The normalized spacial score (nSPS) is 11.6. The topological polar surface area (TPSA) is 122 Å². The number of amides is 3. The molecule has 1 atom stereocenters. The SMILES string of the molecule is CCCNC(=O)N[C@H](CCC(N)=O)C(=O)O. The third-order valence-electron chi connectivity index (χ3n) is 1.82. The fourth-order valence-electron chi connectivity index (χ4n) is 0.992. The number of nitrogens with one attached hydrogen (secondary N) is 2. The summed E-state index contributed by atoms with van der Waals surface area (Å²) in [6, 6.07) is -1.65. The molecule has 0 unspecified atom stereocenters. The zero-order chi connectivity index (χ0) is 12.6. The largest absolute Gasteiger partial charge is 0.480 e. The van der Waals surface area contributed by atoms with E-state index in [2.05, 4.69) is 10.6 Å². The van der Waals surface area contributed by atoms with Crippen molar-refractivity contribution in [2.45, 2.75) is 32.2 Å². The van der Waals surface area contributed by atoms with E-state index in [1.54, 1.807) is 0 Å². The van der Waals surface area contributed by atoms with Crippen LogP contribution in [0.4, 0.5) is 4.79 Å². The molecular formula is C9H17N3O4. The number of urea groups is 1. The van der Waals surface area contributed by atoms with Gasteiger partial charge in [0.05, 0.1) is 0 Å². The Labute approximate surface area is 93.4 Å².